The van der Waals surface area contributed by atoms with Gasteiger partial charge in [0.15, 0.2) is 0 Å². The monoisotopic (exact) mass is 448 g/mol. The van der Waals surface area contributed by atoms with Crippen LogP contribution in [-0.2, 0) is 9.59 Å². The van der Waals surface area contributed by atoms with Crippen molar-refractivity contribution >= 4 is 40.4 Å². The van der Waals surface area contributed by atoms with Gasteiger partial charge in [-0.05, 0) is 48.9 Å². The van der Waals surface area contributed by atoms with Gasteiger partial charge in [0.2, 0.25) is 0 Å². The van der Waals surface area contributed by atoms with Gasteiger partial charge in [-0.25, -0.2) is 4.90 Å². The van der Waals surface area contributed by atoms with Gasteiger partial charge in [-0.2, -0.15) is 0 Å². The molecule has 0 bridgehead atoms. The van der Waals surface area contributed by atoms with Crippen molar-refractivity contribution in [1.82, 2.24) is 0 Å². The van der Waals surface area contributed by atoms with Crippen molar-refractivity contribution in [3.05, 3.63) is 89.1 Å². The quantitative estimate of drug-likeness (QED) is 0.506. The molecule has 162 valence electrons. The second-order valence-electron chi connectivity index (χ2n) is 6.93. The number of hydrogen-bond donors (Lipinski definition) is 1. The predicted octanol–water partition coefficient (Wildman–Crippen LogP) is 5.14. The molecule has 0 aromatic heterocycles. The van der Waals surface area contributed by atoms with Crippen molar-refractivity contribution in [1.29, 1.82) is 0 Å². The highest BCUT2D eigenvalue weighted by atomic mass is 35.5. The molecule has 0 spiro atoms. The Morgan fingerprint density at radius 1 is 0.875 bits per heavy atom. The molecular weight excluding hydrogens is 428 g/mol. The summed E-state index contributed by atoms with van der Waals surface area (Å²) in [4.78, 5) is 28.3. The molecule has 3 aromatic rings. The smallest absolute Gasteiger partial charge is 0.282 e. The molecule has 1 heterocycles. The van der Waals surface area contributed by atoms with Crippen molar-refractivity contribution in [3.8, 4) is 11.5 Å². The van der Waals surface area contributed by atoms with Crippen LogP contribution in [-0.4, -0.2) is 25.5 Å². The van der Waals surface area contributed by atoms with Crippen molar-refractivity contribution < 1.29 is 19.1 Å². The Kier molecular flexibility index (Phi) is 6.14. The van der Waals surface area contributed by atoms with Gasteiger partial charge in [-0.15, -0.1) is 0 Å². The van der Waals surface area contributed by atoms with E-state index < -0.39 is 11.8 Å². The second-order valence-corrected chi connectivity index (χ2v) is 7.37. The van der Waals surface area contributed by atoms with E-state index in [2.05, 4.69) is 5.32 Å². The number of nitrogens with zero attached hydrogens (tertiary/aromatic N) is 1. The summed E-state index contributed by atoms with van der Waals surface area (Å²) >= 11 is 6.04. The zero-order valence-electron chi connectivity index (χ0n) is 17.6. The van der Waals surface area contributed by atoms with Crippen molar-refractivity contribution in [2.45, 2.75) is 6.92 Å². The van der Waals surface area contributed by atoms with Crippen molar-refractivity contribution in [3.63, 3.8) is 0 Å². The number of carbonyl (C=O) groups is 2. The number of methoxy groups -OCH3 is 1. The molecule has 0 unspecified atom stereocenters. The first kappa shape index (κ1) is 21.5. The van der Waals surface area contributed by atoms with E-state index in [-0.39, 0.29) is 11.3 Å². The third kappa shape index (κ3) is 3.92. The minimum Gasteiger partial charge on any atom is -0.495 e. The Morgan fingerprint density at radius 2 is 1.53 bits per heavy atom. The molecule has 1 aliphatic rings. The van der Waals surface area contributed by atoms with Crippen LogP contribution in [0.15, 0.2) is 78.5 Å². The maximum atomic E-state index is 13.6. The standard InChI is InChI=1S/C25H21ClN2O4/c1-3-32-21-11-7-5-9-19(21)28-24(29)22(16-12-14-17(26)15-13-16)23(25(28)30)27-18-8-4-6-10-20(18)31-2/h4-15,27H,3H2,1-2H3. The largest absolute Gasteiger partial charge is 0.495 e. The minimum absolute atomic E-state index is 0.146. The molecule has 0 aliphatic carbocycles. The van der Waals surface area contributed by atoms with E-state index >= 15 is 0 Å². The van der Waals surface area contributed by atoms with Crippen LogP contribution < -0.4 is 19.7 Å². The number of rotatable bonds is 7. The Bertz CT molecular complexity index is 1200. The van der Waals surface area contributed by atoms with E-state index in [0.717, 1.165) is 4.90 Å². The van der Waals surface area contributed by atoms with Gasteiger partial charge in [0, 0.05) is 5.02 Å². The average Bonchev–Trinajstić information content (AvgIpc) is 3.05. The van der Waals surface area contributed by atoms with Gasteiger partial charge < -0.3 is 14.8 Å². The summed E-state index contributed by atoms with van der Waals surface area (Å²) in [7, 11) is 1.54. The lowest BCUT2D eigenvalue weighted by molar-refractivity contribution is -0.120. The fourth-order valence-corrected chi connectivity index (χ4v) is 3.68. The van der Waals surface area contributed by atoms with Crippen LogP contribution in [0, 0.1) is 0 Å². The number of hydrogen-bond acceptors (Lipinski definition) is 5. The van der Waals surface area contributed by atoms with Gasteiger partial charge in [-0.3, -0.25) is 9.59 Å². The highest BCUT2D eigenvalue weighted by molar-refractivity contribution is 6.46. The average molecular weight is 449 g/mol. The van der Waals surface area contributed by atoms with Crippen LogP contribution in [0.1, 0.15) is 12.5 Å². The number of benzene rings is 3. The zero-order valence-corrected chi connectivity index (χ0v) is 18.3. The first-order chi connectivity index (χ1) is 15.5. The Morgan fingerprint density at radius 3 is 2.22 bits per heavy atom. The lowest BCUT2D eigenvalue weighted by Crippen LogP contribution is -2.32. The summed E-state index contributed by atoms with van der Waals surface area (Å²) in [5.41, 5.74) is 1.91. The fourth-order valence-electron chi connectivity index (χ4n) is 3.55. The van der Waals surface area contributed by atoms with Gasteiger partial charge in [0.25, 0.3) is 11.8 Å². The first-order valence-electron chi connectivity index (χ1n) is 10.1. The van der Waals surface area contributed by atoms with Crippen molar-refractivity contribution in [2.75, 3.05) is 23.9 Å². The molecule has 2 amide bonds. The number of halogens is 1. The van der Waals surface area contributed by atoms with E-state index in [1.165, 1.54) is 0 Å². The maximum Gasteiger partial charge on any atom is 0.282 e. The Balaban J connectivity index is 1.85. The second kappa shape index (κ2) is 9.16. The van der Waals surface area contributed by atoms with Gasteiger partial charge in [-0.1, -0.05) is 48.0 Å². The Hall–Kier alpha value is -3.77. The summed E-state index contributed by atoms with van der Waals surface area (Å²) in [6.07, 6.45) is 0. The van der Waals surface area contributed by atoms with Crippen LogP contribution in [0.5, 0.6) is 11.5 Å². The van der Waals surface area contributed by atoms with E-state index in [1.807, 2.05) is 19.1 Å². The zero-order chi connectivity index (χ0) is 22.7. The maximum absolute atomic E-state index is 13.6. The van der Waals surface area contributed by atoms with E-state index in [4.69, 9.17) is 21.1 Å². The number of para-hydroxylation sites is 4. The predicted molar refractivity (Wildman–Crippen MR) is 125 cm³/mol. The molecular formula is C25H21ClN2O4. The summed E-state index contributed by atoms with van der Waals surface area (Å²) in [6.45, 7) is 2.24. The van der Waals surface area contributed by atoms with E-state index in [0.29, 0.717) is 40.1 Å². The summed E-state index contributed by atoms with van der Waals surface area (Å²) in [6, 6.07) is 20.9. The summed E-state index contributed by atoms with van der Waals surface area (Å²) in [5, 5.41) is 3.66. The molecule has 0 atom stereocenters. The van der Waals surface area contributed by atoms with Crippen LogP contribution in [0.25, 0.3) is 5.57 Å². The number of carbonyl (C=O) groups excluding carboxylic acids is 2. The van der Waals surface area contributed by atoms with Gasteiger partial charge in [0.1, 0.15) is 17.2 Å². The number of anilines is 2. The third-order valence-corrected chi connectivity index (χ3v) is 5.24. The number of imide groups is 1. The molecule has 1 N–H and O–H groups in total. The molecule has 0 fully saturated rings. The van der Waals surface area contributed by atoms with Crippen LogP contribution in [0.2, 0.25) is 5.02 Å². The molecule has 1 aliphatic heterocycles. The molecule has 3 aromatic carbocycles. The van der Waals surface area contributed by atoms with Crippen molar-refractivity contribution in [2.24, 2.45) is 0 Å². The van der Waals surface area contributed by atoms with Gasteiger partial charge in [0.05, 0.1) is 30.7 Å². The van der Waals surface area contributed by atoms with E-state index in [1.54, 1.807) is 67.8 Å². The lowest BCUT2D eigenvalue weighted by atomic mass is 10.0. The van der Waals surface area contributed by atoms with E-state index in [9.17, 15) is 9.59 Å². The first-order valence-corrected chi connectivity index (χ1v) is 10.4. The molecule has 32 heavy (non-hydrogen) atoms. The molecule has 6 nitrogen and oxygen atoms in total. The topological polar surface area (TPSA) is 67.9 Å². The lowest BCUT2D eigenvalue weighted by Gasteiger charge is -2.19. The minimum atomic E-state index is -0.488. The highest BCUT2D eigenvalue weighted by Crippen LogP contribution is 2.39. The molecule has 4 rings (SSSR count). The summed E-state index contributed by atoms with van der Waals surface area (Å²) < 4.78 is 11.1. The number of amides is 2. The van der Waals surface area contributed by atoms with Gasteiger partial charge >= 0.3 is 0 Å². The number of nitrogens with one attached hydrogen (secondary N) is 1. The fraction of sp³-hybridized carbons (Fsp3) is 0.120. The summed E-state index contributed by atoms with van der Waals surface area (Å²) in [5.74, 6) is 0.0504. The molecule has 7 heteroatoms. The van der Waals surface area contributed by atoms with Crippen LogP contribution >= 0.6 is 11.6 Å². The molecule has 0 saturated carbocycles. The Labute approximate surface area is 191 Å². The SMILES string of the molecule is CCOc1ccccc1N1C(=O)C(Nc2ccccc2OC)=C(c2ccc(Cl)cc2)C1=O. The molecule has 0 saturated heterocycles. The molecule has 0 radical (unpaired) electrons. The van der Waals surface area contributed by atoms with Crippen LogP contribution in [0.4, 0.5) is 11.4 Å². The third-order valence-electron chi connectivity index (χ3n) is 4.99. The normalized spacial score (nSPS) is 13.5. The number of ether oxygens (including phenoxy) is 2. The highest BCUT2D eigenvalue weighted by Gasteiger charge is 2.41. The van der Waals surface area contributed by atoms with Crippen LogP contribution in [0.3, 0.4) is 0 Å².